The van der Waals surface area contributed by atoms with Gasteiger partial charge in [-0.25, -0.2) is 0 Å². The third kappa shape index (κ3) is 6.67. The van der Waals surface area contributed by atoms with Gasteiger partial charge in [0.1, 0.15) is 5.75 Å². The largest absolute Gasteiger partial charge is 0.497 e. The molecule has 0 heterocycles. The average molecular weight is 266 g/mol. The minimum absolute atomic E-state index is 0.0477. The lowest BCUT2D eigenvalue weighted by Gasteiger charge is -2.08. The molecule has 106 valence electrons. The maximum atomic E-state index is 11.5. The van der Waals surface area contributed by atoms with Crippen LogP contribution in [0.2, 0.25) is 0 Å². The third-order valence-electron chi connectivity index (χ3n) is 2.60. The Labute approximate surface area is 114 Å². The van der Waals surface area contributed by atoms with Gasteiger partial charge in [0.15, 0.2) is 0 Å². The van der Waals surface area contributed by atoms with Gasteiger partial charge in [0.25, 0.3) is 0 Å². The second-order valence-corrected chi connectivity index (χ2v) is 4.11. The van der Waals surface area contributed by atoms with E-state index >= 15 is 0 Å². The van der Waals surface area contributed by atoms with Crippen LogP contribution in [-0.4, -0.2) is 39.8 Å². The summed E-state index contributed by atoms with van der Waals surface area (Å²) in [4.78, 5) is 11.5. The molecule has 1 rings (SSSR count). The number of carbonyl (C=O) groups excluding carboxylic acids is 1. The van der Waals surface area contributed by atoms with Crippen molar-refractivity contribution in [1.29, 1.82) is 0 Å². The number of rotatable bonds is 9. The number of methoxy groups -OCH3 is 2. The molecule has 1 amide bonds. The first-order chi connectivity index (χ1) is 9.26. The zero-order chi connectivity index (χ0) is 13.9. The number of nitrogens with one attached hydrogen (secondary N) is 2. The van der Waals surface area contributed by atoms with Crippen molar-refractivity contribution in [2.24, 2.45) is 0 Å². The molecule has 0 spiro atoms. The van der Waals surface area contributed by atoms with Crippen LogP contribution in [0.4, 0.5) is 5.69 Å². The van der Waals surface area contributed by atoms with Gasteiger partial charge in [0.05, 0.1) is 7.11 Å². The molecular weight excluding hydrogens is 244 g/mol. The molecule has 0 radical (unpaired) electrons. The smallest absolute Gasteiger partial charge is 0.221 e. The summed E-state index contributed by atoms with van der Waals surface area (Å²) in [6.45, 7) is 1.93. The Morgan fingerprint density at radius 1 is 1.26 bits per heavy atom. The molecule has 1 aromatic carbocycles. The Kier molecular flexibility index (Phi) is 7.43. The Bertz CT molecular complexity index is 383. The summed E-state index contributed by atoms with van der Waals surface area (Å²) in [5, 5.41) is 6.03. The van der Waals surface area contributed by atoms with Gasteiger partial charge in [-0.05, 0) is 18.6 Å². The van der Waals surface area contributed by atoms with Crippen LogP contribution >= 0.6 is 0 Å². The summed E-state index contributed by atoms with van der Waals surface area (Å²) < 4.78 is 10.0. The fourth-order valence-corrected chi connectivity index (χ4v) is 1.59. The van der Waals surface area contributed by atoms with E-state index < -0.39 is 0 Å². The topological polar surface area (TPSA) is 59.6 Å². The first kappa shape index (κ1) is 15.3. The van der Waals surface area contributed by atoms with Crippen LogP contribution < -0.4 is 15.4 Å². The van der Waals surface area contributed by atoms with E-state index in [9.17, 15) is 4.79 Å². The van der Waals surface area contributed by atoms with E-state index in [1.807, 2.05) is 24.3 Å². The van der Waals surface area contributed by atoms with E-state index in [-0.39, 0.29) is 5.91 Å². The molecule has 5 heteroatoms. The molecule has 0 aliphatic rings. The Balaban J connectivity index is 2.16. The molecule has 0 unspecified atom stereocenters. The van der Waals surface area contributed by atoms with Gasteiger partial charge in [0.2, 0.25) is 5.91 Å². The van der Waals surface area contributed by atoms with E-state index in [1.54, 1.807) is 14.2 Å². The van der Waals surface area contributed by atoms with Gasteiger partial charge in [-0.1, -0.05) is 6.07 Å². The number of benzene rings is 1. The Hall–Kier alpha value is -1.75. The third-order valence-corrected chi connectivity index (χ3v) is 2.60. The lowest BCUT2D eigenvalue weighted by molar-refractivity contribution is -0.120. The average Bonchev–Trinajstić information content (AvgIpc) is 2.44. The van der Waals surface area contributed by atoms with Crippen molar-refractivity contribution in [2.45, 2.75) is 12.8 Å². The molecule has 2 N–H and O–H groups in total. The SMILES string of the molecule is COCCCNC(=O)CCNc1cccc(OC)c1. The Morgan fingerprint density at radius 3 is 2.84 bits per heavy atom. The van der Waals surface area contributed by atoms with Crippen molar-refractivity contribution < 1.29 is 14.3 Å². The molecule has 0 bridgehead atoms. The van der Waals surface area contributed by atoms with Crippen molar-refractivity contribution in [3.8, 4) is 5.75 Å². The van der Waals surface area contributed by atoms with Gasteiger partial charge in [-0.3, -0.25) is 4.79 Å². The second-order valence-electron chi connectivity index (χ2n) is 4.11. The minimum atomic E-state index is 0.0477. The van der Waals surface area contributed by atoms with E-state index in [4.69, 9.17) is 9.47 Å². The molecule has 1 aromatic rings. The molecule has 0 aromatic heterocycles. The van der Waals surface area contributed by atoms with Crippen LogP contribution in [0.1, 0.15) is 12.8 Å². The molecule has 5 nitrogen and oxygen atoms in total. The summed E-state index contributed by atoms with van der Waals surface area (Å²) in [7, 11) is 3.28. The molecule has 0 fully saturated rings. The highest BCUT2D eigenvalue weighted by Crippen LogP contribution is 2.16. The Morgan fingerprint density at radius 2 is 2.11 bits per heavy atom. The van der Waals surface area contributed by atoms with E-state index in [0.717, 1.165) is 17.9 Å². The first-order valence-electron chi connectivity index (χ1n) is 6.40. The van der Waals surface area contributed by atoms with Crippen molar-refractivity contribution in [3.05, 3.63) is 24.3 Å². The monoisotopic (exact) mass is 266 g/mol. The molecule has 0 aliphatic heterocycles. The molecule has 0 saturated heterocycles. The van der Waals surface area contributed by atoms with Crippen LogP contribution in [0.15, 0.2) is 24.3 Å². The lowest BCUT2D eigenvalue weighted by Crippen LogP contribution is -2.26. The van der Waals surface area contributed by atoms with Crippen LogP contribution in [-0.2, 0) is 9.53 Å². The predicted octanol–water partition coefficient (Wildman–Crippen LogP) is 1.65. The fraction of sp³-hybridized carbons (Fsp3) is 0.500. The van der Waals surface area contributed by atoms with Crippen molar-refractivity contribution in [3.63, 3.8) is 0 Å². The van der Waals surface area contributed by atoms with Gasteiger partial charge in [-0.2, -0.15) is 0 Å². The highest BCUT2D eigenvalue weighted by molar-refractivity contribution is 5.76. The first-order valence-corrected chi connectivity index (χ1v) is 6.40. The minimum Gasteiger partial charge on any atom is -0.497 e. The predicted molar refractivity (Wildman–Crippen MR) is 75.6 cm³/mol. The zero-order valence-electron chi connectivity index (χ0n) is 11.6. The summed E-state index contributed by atoms with van der Waals surface area (Å²) in [5.41, 5.74) is 0.950. The fourth-order valence-electron chi connectivity index (χ4n) is 1.59. The second kappa shape index (κ2) is 9.22. The van der Waals surface area contributed by atoms with Gasteiger partial charge in [-0.15, -0.1) is 0 Å². The normalized spacial score (nSPS) is 10.0. The van der Waals surface area contributed by atoms with Gasteiger partial charge < -0.3 is 20.1 Å². The highest BCUT2D eigenvalue weighted by atomic mass is 16.5. The number of carbonyl (C=O) groups is 1. The van der Waals surface area contributed by atoms with Crippen LogP contribution in [0.25, 0.3) is 0 Å². The molecular formula is C14H22N2O3. The molecule has 0 saturated carbocycles. The number of hydrogen-bond acceptors (Lipinski definition) is 4. The number of hydrogen-bond donors (Lipinski definition) is 2. The number of anilines is 1. The summed E-state index contributed by atoms with van der Waals surface area (Å²) in [5.74, 6) is 0.848. The lowest BCUT2D eigenvalue weighted by atomic mass is 10.3. The summed E-state index contributed by atoms with van der Waals surface area (Å²) in [6, 6.07) is 7.63. The van der Waals surface area contributed by atoms with Crippen LogP contribution in [0.5, 0.6) is 5.75 Å². The van der Waals surface area contributed by atoms with E-state index in [0.29, 0.717) is 26.1 Å². The van der Waals surface area contributed by atoms with Crippen molar-refractivity contribution in [2.75, 3.05) is 39.2 Å². The summed E-state index contributed by atoms with van der Waals surface area (Å²) >= 11 is 0. The maximum Gasteiger partial charge on any atom is 0.221 e. The number of amides is 1. The molecule has 0 aliphatic carbocycles. The number of ether oxygens (including phenoxy) is 2. The highest BCUT2D eigenvalue weighted by Gasteiger charge is 2.00. The quantitative estimate of drug-likeness (QED) is 0.667. The van der Waals surface area contributed by atoms with Gasteiger partial charge in [0, 0.05) is 45.0 Å². The van der Waals surface area contributed by atoms with Crippen molar-refractivity contribution in [1.82, 2.24) is 5.32 Å². The van der Waals surface area contributed by atoms with Crippen molar-refractivity contribution >= 4 is 11.6 Å². The van der Waals surface area contributed by atoms with Crippen LogP contribution in [0.3, 0.4) is 0 Å². The molecule has 0 atom stereocenters. The zero-order valence-corrected chi connectivity index (χ0v) is 11.6. The van der Waals surface area contributed by atoms with Gasteiger partial charge >= 0.3 is 0 Å². The van der Waals surface area contributed by atoms with E-state index in [2.05, 4.69) is 10.6 Å². The standard InChI is InChI=1S/C14H22N2O3/c1-18-10-4-8-16-14(17)7-9-15-12-5-3-6-13(11-12)19-2/h3,5-6,11,15H,4,7-10H2,1-2H3,(H,16,17). The van der Waals surface area contributed by atoms with Crippen LogP contribution in [0, 0.1) is 0 Å². The van der Waals surface area contributed by atoms with E-state index in [1.165, 1.54) is 0 Å². The molecule has 19 heavy (non-hydrogen) atoms. The maximum absolute atomic E-state index is 11.5. The summed E-state index contributed by atoms with van der Waals surface area (Å²) in [6.07, 6.45) is 1.29.